The fraction of sp³-hybridized carbons (Fsp3) is 0.455. The van der Waals surface area contributed by atoms with Gasteiger partial charge in [-0.2, -0.15) is 0 Å². The summed E-state index contributed by atoms with van der Waals surface area (Å²) in [7, 11) is 0. The van der Waals surface area contributed by atoms with Crippen molar-refractivity contribution in [1.82, 2.24) is 0 Å². The number of benzene rings is 1. The Morgan fingerprint density at radius 3 is 2.00 bits per heavy atom. The summed E-state index contributed by atoms with van der Waals surface area (Å²) in [5, 5.41) is 19.3. The third-order valence-corrected chi connectivity index (χ3v) is 2.71. The standard InChI is InChI=1S/C11H14O2/c1-7-5-9(12)6-8(2)10(7)11(13)3-4-11/h5-6,12-13H,3-4H2,1-2H3. The molecule has 2 N–H and O–H groups in total. The third-order valence-electron chi connectivity index (χ3n) is 2.71. The van der Waals surface area contributed by atoms with Crippen molar-refractivity contribution < 1.29 is 10.2 Å². The van der Waals surface area contributed by atoms with Crippen LogP contribution in [0.25, 0.3) is 0 Å². The van der Waals surface area contributed by atoms with Crippen LogP contribution < -0.4 is 0 Å². The monoisotopic (exact) mass is 178 g/mol. The zero-order valence-electron chi connectivity index (χ0n) is 7.96. The average Bonchev–Trinajstić information content (AvgIpc) is 2.65. The fourth-order valence-electron chi connectivity index (χ4n) is 2.04. The number of aryl methyl sites for hydroxylation is 2. The van der Waals surface area contributed by atoms with Crippen molar-refractivity contribution in [2.75, 3.05) is 0 Å². The maximum atomic E-state index is 9.97. The molecule has 13 heavy (non-hydrogen) atoms. The Morgan fingerprint density at radius 1 is 1.15 bits per heavy atom. The molecule has 0 bridgehead atoms. The van der Waals surface area contributed by atoms with E-state index in [1.54, 1.807) is 12.1 Å². The average molecular weight is 178 g/mol. The van der Waals surface area contributed by atoms with Crippen LogP contribution in [0.15, 0.2) is 12.1 Å². The van der Waals surface area contributed by atoms with Crippen LogP contribution in [0, 0.1) is 13.8 Å². The molecule has 2 rings (SSSR count). The number of aliphatic hydroxyl groups is 1. The second-order valence-corrected chi connectivity index (χ2v) is 3.99. The van der Waals surface area contributed by atoms with Crippen LogP contribution in [0.4, 0.5) is 0 Å². The molecule has 0 radical (unpaired) electrons. The molecule has 1 aromatic rings. The van der Waals surface area contributed by atoms with Crippen LogP contribution in [-0.2, 0) is 5.60 Å². The first-order valence-electron chi connectivity index (χ1n) is 4.56. The number of phenolic OH excluding ortho intramolecular Hbond substituents is 1. The summed E-state index contributed by atoms with van der Waals surface area (Å²) >= 11 is 0. The van der Waals surface area contributed by atoms with Crippen molar-refractivity contribution in [3.63, 3.8) is 0 Å². The first-order valence-corrected chi connectivity index (χ1v) is 4.56. The second kappa shape index (κ2) is 2.48. The summed E-state index contributed by atoms with van der Waals surface area (Å²) < 4.78 is 0. The van der Waals surface area contributed by atoms with Crippen LogP contribution in [0.1, 0.15) is 29.5 Å². The van der Waals surface area contributed by atoms with Crippen molar-refractivity contribution >= 4 is 0 Å². The van der Waals surface area contributed by atoms with Gasteiger partial charge in [-0.3, -0.25) is 0 Å². The van der Waals surface area contributed by atoms with Crippen LogP contribution in [-0.4, -0.2) is 10.2 Å². The molecular formula is C11H14O2. The maximum Gasteiger partial charge on any atom is 0.116 e. The van der Waals surface area contributed by atoms with Gasteiger partial charge in [0.25, 0.3) is 0 Å². The zero-order chi connectivity index (χ0) is 9.64. The second-order valence-electron chi connectivity index (χ2n) is 3.99. The van der Waals surface area contributed by atoms with Gasteiger partial charge in [-0.1, -0.05) is 0 Å². The molecule has 0 aromatic heterocycles. The molecule has 1 aromatic carbocycles. The fourth-order valence-corrected chi connectivity index (χ4v) is 2.04. The van der Waals surface area contributed by atoms with Gasteiger partial charge in [0.2, 0.25) is 0 Å². The number of aromatic hydroxyl groups is 1. The number of phenols is 1. The Morgan fingerprint density at radius 2 is 1.62 bits per heavy atom. The van der Waals surface area contributed by atoms with Crippen LogP contribution in [0.2, 0.25) is 0 Å². The van der Waals surface area contributed by atoms with Crippen LogP contribution in [0.3, 0.4) is 0 Å². The molecule has 1 aliphatic carbocycles. The van der Waals surface area contributed by atoms with E-state index in [4.69, 9.17) is 0 Å². The maximum absolute atomic E-state index is 9.97. The summed E-state index contributed by atoms with van der Waals surface area (Å²) in [4.78, 5) is 0. The minimum atomic E-state index is -0.595. The van der Waals surface area contributed by atoms with Crippen molar-refractivity contribution in [1.29, 1.82) is 0 Å². The molecule has 2 heteroatoms. The Kier molecular flexibility index (Phi) is 1.64. The zero-order valence-corrected chi connectivity index (χ0v) is 7.96. The van der Waals surface area contributed by atoms with Gasteiger partial charge in [0.05, 0.1) is 5.60 Å². The molecule has 0 amide bonds. The Labute approximate surface area is 77.8 Å². The predicted octanol–water partition coefficient (Wildman–Crippen LogP) is 1.99. The lowest BCUT2D eigenvalue weighted by Crippen LogP contribution is -2.08. The molecule has 0 unspecified atom stereocenters. The lowest BCUT2D eigenvalue weighted by atomic mass is 9.96. The highest BCUT2D eigenvalue weighted by molar-refractivity contribution is 5.45. The molecular weight excluding hydrogens is 164 g/mol. The van der Waals surface area contributed by atoms with E-state index in [0.29, 0.717) is 0 Å². The molecule has 70 valence electrons. The van der Waals surface area contributed by atoms with Gasteiger partial charge in [-0.25, -0.2) is 0 Å². The third kappa shape index (κ3) is 1.31. The van der Waals surface area contributed by atoms with Crippen molar-refractivity contribution in [2.24, 2.45) is 0 Å². The highest BCUT2D eigenvalue weighted by atomic mass is 16.3. The largest absolute Gasteiger partial charge is 0.508 e. The van der Waals surface area contributed by atoms with Gasteiger partial charge in [-0.05, 0) is 55.5 Å². The topological polar surface area (TPSA) is 40.5 Å². The molecule has 1 saturated carbocycles. The summed E-state index contributed by atoms with van der Waals surface area (Å²) in [6, 6.07) is 3.41. The van der Waals surface area contributed by atoms with Gasteiger partial charge < -0.3 is 10.2 Å². The first-order chi connectivity index (χ1) is 6.03. The summed E-state index contributed by atoms with van der Waals surface area (Å²) in [5.74, 6) is 0.281. The van der Waals surface area contributed by atoms with Crippen LogP contribution in [0.5, 0.6) is 5.75 Å². The Balaban J connectivity index is 2.57. The van der Waals surface area contributed by atoms with Gasteiger partial charge in [0.15, 0.2) is 0 Å². The van der Waals surface area contributed by atoms with Gasteiger partial charge in [-0.15, -0.1) is 0 Å². The molecule has 1 fully saturated rings. The van der Waals surface area contributed by atoms with Crippen molar-refractivity contribution in [3.8, 4) is 5.75 Å². The molecule has 0 saturated heterocycles. The smallest absolute Gasteiger partial charge is 0.116 e. The highest BCUT2D eigenvalue weighted by Crippen LogP contribution is 2.48. The van der Waals surface area contributed by atoms with E-state index in [1.165, 1.54) is 0 Å². The van der Waals surface area contributed by atoms with E-state index in [1.807, 2.05) is 13.8 Å². The Bertz CT molecular complexity index is 328. The van der Waals surface area contributed by atoms with E-state index >= 15 is 0 Å². The van der Waals surface area contributed by atoms with E-state index in [-0.39, 0.29) is 5.75 Å². The first kappa shape index (κ1) is 8.57. The number of hydrogen-bond acceptors (Lipinski definition) is 2. The molecule has 0 atom stereocenters. The molecule has 2 nitrogen and oxygen atoms in total. The van der Waals surface area contributed by atoms with Crippen molar-refractivity contribution in [2.45, 2.75) is 32.3 Å². The van der Waals surface area contributed by atoms with E-state index in [2.05, 4.69) is 0 Å². The highest BCUT2D eigenvalue weighted by Gasteiger charge is 2.44. The van der Waals surface area contributed by atoms with E-state index < -0.39 is 5.60 Å². The van der Waals surface area contributed by atoms with Gasteiger partial charge in [0, 0.05) is 0 Å². The predicted molar refractivity (Wildman–Crippen MR) is 50.7 cm³/mol. The van der Waals surface area contributed by atoms with E-state index in [0.717, 1.165) is 29.5 Å². The van der Waals surface area contributed by atoms with Gasteiger partial charge >= 0.3 is 0 Å². The molecule has 1 aliphatic rings. The minimum absolute atomic E-state index is 0.281. The SMILES string of the molecule is Cc1cc(O)cc(C)c1C1(O)CC1. The molecule has 0 heterocycles. The Hall–Kier alpha value is -1.02. The van der Waals surface area contributed by atoms with Crippen LogP contribution >= 0.6 is 0 Å². The number of hydrogen-bond donors (Lipinski definition) is 2. The van der Waals surface area contributed by atoms with E-state index in [9.17, 15) is 10.2 Å². The summed E-state index contributed by atoms with van der Waals surface area (Å²) in [5.41, 5.74) is 2.38. The quantitative estimate of drug-likeness (QED) is 0.690. The summed E-state index contributed by atoms with van der Waals surface area (Å²) in [6.07, 6.45) is 1.69. The lowest BCUT2D eigenvalue weighted by molar-refractivity contribution is 0.150. The molecule has 0 spiro atoms. The minimum Gasteiger partial charge on any atom is -0.508 e. The summed E-state index contributed by atoms with van der Waals surface area (Å²) in [6.45, 7) is 3.86. The van der Waals surface area contributed by atoms with Gasteiger partial charge in [0.1, 0.15) is 5.75 Å². The lowest BCUT2D eigenvalue weighted by Gasteiger charge is -2.15. The molecule has 0 aliphatic heterocycles. The normalized spacial score (nSPS) is 18.7. The number of rotatable bonds is 1. The van der Waals surface area contributed by atoms with Crippen molar-refractivity contribution in [3.05, 3.63) is 28.8 Å².